The number of carbonyl (C=O) groups is 1. The summed E-state index contributed by atoms with van der Waals surface area (Å²) in [6.07, 6.45) is 0.234. The summed E-state index contributed by atoms with van der Waals surface area (Å²) in [7, 11) is 0. The Bertz CT molecular complexity index is 970. The monoisotopic (exact) mass is 421 g/mol. The summed E-state index contributed by atoms with van der Waals surface area (Å²) in [6.45, 7) is -0.681. The third kappa shape index (κ3) is 3.64. The van der Waals surface area contributed by atoms with Crippen LogP contribution in [-0.4, -0.2) is 41.1 Å². The number of rotatable bonds is 5. The van der Waals surface area contributed by atoms with E-state index in [1.165, 1.54) is 30.0 Å². The fraction of sp³-hybridized carbons (Fsp3) is 0.350. The second-order valence-corrected chi connectivity index (χ2v) is 8.11. The summed E-state index contributed by atoms with van der Waals surface area (Å²) in [4.78, 5) is 20.7. The number of hydrogen-bond acceptors (Lipinski definition) is 6. The quantitative estimate of drug-likeness (QED) is 0.751. The third-order valence-corrected chi connectivity index (χ3v) is 6.24. The zero-order valence-electron chi connectivity index (χ0n) is 15.3. The Morgan fingerprint density at radius 2 is 2.14 bits per heavy atom. The molecule has 1 aromatic carbocycles. The smallest absolute Gasteiger partial charge is 0.185 e. The molecule has 152 valence electrons. The van der Waals surface area contributed by atoms with Crippen LogP contribution in [0.4, 0.5) is 13.2 Å². The molecule has 9 heteroatoms. The van der Waals surface area contributed by atoms with Gasteiger partial charge in [-0.15, -0.1) is 0 Å². The number of halogens is 3. The van der Waals surface area contributed by atoms with Crippen LogP contribution in [0.15, 0.2) is 41.5 Å². The first-order chi connectivity index (χ1) is 13.9. The lowest BCUT2D eigenvalue weighted by molar-refractivity contribution is 0.0721. The lowest BCUT2D eigenvalue weighted by atomic mass is 9.78. The zero-order valence-corrected chi connectivity index (χ0v) is 16.1. The van der Waals surface area contributed by atoms with Crippen LogP contribution < -0.4 is 5.73 Å². The van der Waals surface area contributed by atoms with Gasteiger partial charge in [0.1, 0.15) is 29.5 Å². The van der Waals surface area contributed by atoms with Crippen LogP contribution in [0, 0.1) is 17.6 Å². The first-order valence-corrected chi connectivity index (χ1v) is 10.0. The number of ketones is 1. The Balaban J connectivity index is 1.68. The van der Waals surface area contributed by atoms with Crippen LogP contribution in [0.25, 0.3) is 0 Å². The molecule has 0 radical (unpaired) electrons. The zero-order chi connectivity index (χ0) is 20.6. The summed E-state index contributed by atoms with van der Waals surface area (Å²) >= 11 is 1.29. The standard InChI is InChI=1S/C20H18F3N3O2S/c21-7-18-14-9-29-19(24)26-20(14,10-28-18)13-5-11(1-3-15(13)23)6-17(27)16-4-2-12(22)8-25-16/h1-5,8,14,18H,6-7,9-10H2,(H2,24,26)/t14-,18-,20-/m1/s1. The number of Topliss-reactive ketones (excluding diaryl/α,β-unsaturated/α-hetero) is 1. The third-order valence-electron chi connectivity index (χ3n) is 5.33. The number of alkyl halides is 1. The number of thioether (sulfide) groups is 1. The van der Waals surface area contributed by atoms with Crippen LogP contribution in [0.3, 0.4) is 0 Å². The molecule has 5 nitrogen and oxygen atoms in total. The summed E-state index contributed by atoms with van der Waals surface area (Å²) < 4.78 is 46.9. The van der Waals surface area contributed by atoms with E-state index >= 15 is 0 Å². The number of hydrogen-bond donors (Lipinski definition) is 1. The fourth-order valence-electron chi connectivity index (χ4n) is 3.85. The SMILES string of the molecule is NC1=N[C@@]2(c3cc(CC(=O)c4ccc(F)cn4)ccc3F)CO[C@H](CF)[C@H]2CS1. The Labute approximate surface area is 169 Å². The van der Waals surface area contributed by atoms with E-state index < -0.39 is 30.0 Å². The van der Waals surface area contributed by atoms with Crippen molar-refractivity contribution in [3.63, 3.8) is 0 Å². The molecule has 1 aromatic heterocycles. The van der Waals surface area contributed by atoms with E-state index in [0.717, 1.165) is 12.3 Å². The van der Waals surface area contributed by atoms with E-state index in [9.17, 15) is 18.0 Å². The highest BCUT2D eigenvalue weighted by molar-refractivity contribution is 8.13. The number of nitrogens with zero attached hydrogens (tertiary/aromatic N) is 2. The summed E-state index contributed by atoms with van der Waals surface area (Å²) in [5, 5.41) is 0.292. The minimum Gasteiger partial charge on any atom is -0.379 e. The maximum atomic E-state index is 14.8. The van der Waals surface area contributed by atoms with Crippen LogP contribution in [0.2, 0.25) is 0 Å². The lowest BCUT2D eigenvalue weighted by Gasteiger charge is -2.35. The average molecular weight is 421 g/mol. The minimum atomic E-state index is -1.12. The summed E-state index contributed by atoms with van der Waals surface area (Å²) in [6, 6.07) is 6.78. The van der Waals surface area contributed by atoms with E-state index in [1.54, 1.807) is 6.07 Å². The number of amidine groups is 1. The lowest BCUT2D eigenvalue weighted by Crippen LogP contribution is -2.42. The van der Waals surface area contributed by atoms with Gasteiger partial charge in [0.25, 0.3) is 0 Å². The van der Waals surface area contributed by atoms with Gasteiger partial charge in [-0.1, -0.05) is 17.8 Å². The molecule has 2 aliphatic heterocycles. The second-order valence-electron chi connectivity index (χ2n) is 7.07. The van der Waals surface area contributed by atoms with E-state index in [1.807, 2.05) is 0 Å². The second kappa shape index (κ2) is 7.79. The van der Waals surface area contributed by atoms with E-state index in [4.69, 9.17) is 10.5 Å². The van der Waals surface area contributed by atoms with Crippen molar-refractivity contribution in [3.05, 3.63) is 65.0 Å². The van der Waals surface area contributed by atoms with Gasteiger partial charge in [-0.3, -0.25) is 9.78 Å². The van der Waals surface area contributed by atoms with Crippen molar-refractivity contribution in [2.24, 2.45) is 16.6 Å². The maximum absolute atomic E-state index is 14.8. The molecule has 0 bridgehead atoms. The molecule has 1 saturated heterocycles. The van der Waals surface area contributed by atoms with Crippen LogP contribution >= 0.6 is 11.8 Å². The molecule has 1 fully saturated rings. The minimum absolute atomic E-state index is 0.0152. The van der Waals surface area contributed by atoms with Crippen molar-refractivity contribution in [2.45, 2.75) is 18.1 Å². The number of pyridine rings is 1. The molecule has 3 heterocycles. The molecule has 29 heavy (non-hydrogen) atoms. The van der Waals surface area contributed by atoms with Crippen molar-refractivity contribution < 1.29 is 22.7 Å². The Morgan fingerprint density at radius 1 is 1.31 bits per heavy atom. The van der Waals surface area contributed by atoms with Gasteiger partial charge in [0, 0.05) is 23.7 Å². The Hall–Kier alpha value is -2.39. The van der Waals surface area contributed by atoms with Crippen molar-refractivity contribution in [1.82, 2.24) is 4.98 Å². The maximum Gasteiger partial charge on any atom is 0.185 e. The van der Waals surface area contributed by atoms with Gasteiger partial charge < -0.3 is 10.5 Å². The van der Waals surface area contributed by atoms with Gasteiger partial charge in [-0.05, 0) is 29.8 Å². The Kier molecular flexibility index (Phi) is 5.35. The normalized spacial score (nSPS) is 26.1. The molecule has 2 aromatic rings. The van der Waals surface area contributed by atoms with Crippen molar-refractivity contribution >= 4 is 22.7 Å². The fourth-order valence-corrected chi connectivity index (χ4v) is 4.92. The predicted octanol–water partition coefficient (Wildman–Crippen LogP) is 3.03. The molecule has 0 unspecified atom stereocenters. The number of ether oxygens (including phenoxy) is 1. The highest BCUT2D eigenvalue weighted by atomic mass is 32.2. The number of nitrogens with two attached hydrogens (primary N) is 1. The van der Waals surface area contributed by atoms with E-state index in [-0.39, 0.29) is 36.0 Å². The summed E-state index contributed by atoms with van der Waals surface area (Å²) in [5.41, 5.74) is 5.68. The number of fused-ring (bicyclic) bond motifs is 1. The van der Waals surface area contributed by atoms with Crippen molar-refractivity contribution in [3.8, 4) is 0 Å². The molecule has 2 aliphatic rings. The highest BCUT2D eigenvalue weighted by Gasteiger charge is 2.54. The van der Waals surface area contributed by atoms with Crippen LogP contribution in [-0.2, 0) is 16.7 Å². The predicted molar refractivity (Wildman–Crippen MR) is 104 cm³/mol. The average Bonchev–Trinajstić information content (AvgIpc) is 3.08. The molecule has 0 saturated carbocycles. The number of aromatic nitrogens is 1. The molecule has 2 N–H and O–H groups in total. The molecule has 0 spiro atoms. The molecule has 0 amide bonds. The number of aliphatic imine (C=N–C) groups is 1. The number of carbonyl (C=O) groups excluding carboxylic acids is 1. The van der Waals surface area contributed by atoms with Gasteiger partial charge in [0.05, 0.1) is 18.9 Å². The molecule has 4 rings (SSSR count). The molecule has 0 aliphatic carbocycles. The first-order valence-electron chi connectivity index (χ1n) is 9.02. The topological polar surface area (TPSA) is 77.6 Å². The highest BCUT2D eigenvalue weighted by Crippen LogP contribution is 2.48. The molecular formula is C20H18F3N3O2S. The van der Waals surface area contributed by atoms with Gasteiger partial charge in [0.15, 0.2) is 11.0 Å². The first kappa shape index (κ1) is 19.9. The van der Waals surface area contributed by atoms with Gasteiger partial charge in [-0.2, -0.15) is 0 Å². The molecule has 3 atom stereocenters. The van der Waals surface area contributed by atoms with Crippen molar-refractivity contribution in [1.29, 1.82) is 0 Å². The van der Waals surface area contributed by atoms with Gasteiger partial charge in [0.2, 0.25) is 0 Å². The van der Waals surface area contributed by atoms with E-state index in [0.29, 0.717) is 16.5 Å². The van der Waals surface area contributed by atoms with Crippen LogP contribution in [0.5, 0.6) is 0 Å². The van der Waals surface area contributed by atoms with Gasteiger partial charge in [-0.25, -0.2) is 18.2 Å². The van der Waals surface area contributed by atoms with E-state index in [2.05, 4.69) is 9.98 Å². The van der Waals surface area contributed by atoms with Gasteiger partial charge >= 0.3 is 0 Å². The van der Waals surface area contributed by atoms with Crippen molar-refractivity contribution in [2.75, 3.05) is 19.0 Å². The number of benzene rings is 1. The largest absolute Gasteiger partial charge is 0.379 e. The molecular weight excluding hydrogens is 403 g/mol. The van der Waals surface area contributed by atoms with Crippen LogP contribution in [0.1, 0.15) is 21.6 Å². The Morgan fingerprint density at radius 3 is 2.86 bits per heavy atom. The summed E-state index contributed by atoms with van der Waals surface area (Å²) in [5.74, 6) is -1.29.